The van der Waals surface area contributed by atoms with Crippen molar-refractivity contribution in [2.24, 2.45) is 44.8 Å². The molecule has 5 fully saturated rings. The third-order valence-electron chi connectivity index (χ3n) is 11.5. The summed E-state index contributed by atoms with van der Waals surface area (Å²) < 4.78 is 0. The molecule has 0 saturated heterocycles. The number of hydrogen-bond acceptors (Lipinski definition) is 5. The first-order valence-electron chi connectivity index (χ1n) is 14.0. The normalized spacial score (nSPS) is 38.7. The molecule has 0 aliphatic heterocycles. The Morgan fingerprint density at radius 3 is 2.13 bits per heavy atom. The second kappa shape index (κ2) is 7.84. The monoisotopic (exact) mass is 518 g/mol. The Bertz CT molecular complexity index is 1270. The van der Waals surface area contributed by atoms with Crippen molar-refractivity contribution in [1.82, 2.24) is 0 Å². The highest BCUT2D eigenvalue weighted by Crippen LogP contribution is 2.77. The third kappa shape index (κ3) is 2.92. The predicted octanol–water partition coefficient (Wildman–Crippen LogP) is 5.79. The van der Waals surface area contributed by atoms with Gasteiger partial charge in [-0.25, -0.2) is 0 Å². The molecule has 0 unspecified atom stereocenters. The molecule has 204 valence electrons. The molecule has 5 aliphatic rings. The number of ketones is 4. The molecule has 1 N–H and O–H groups in total. The van der Waals surface area contributed by atoms with Gasteiger partial charge in [-0.05, 0) is 82.0 Å². The first-order valence-corrected chi connectivity index (χ1v) is 14.0. The van der Waals surface area contributed by atoms with Gasteiger partial charge in [-0.3, -0.25) is 19.2 Å². The van der Waals surface area contributed by atoms with E-state index >= 15 is 4.79 Å². The highest BCUT2D eigenvalue weighted by Gasteiger charge is 2.86. The Morgan fingerprint density at radius 1 is 0.974 bits per heavy atom. The van der Waals surface area contributed by atoms with Crippen LogP contribution in [0.1, 0.15) is 91.4 Å². The van der Waals surface area contributed by atoms with Crippen molar-refractivity contribution in [2.45, 2.75) is 86.7 Å². The zero-order valence-corrected chi connectivity index (χ0v) is 24.1. The highest BCUT2D eigenvalue weighted by atomic mass is 16.3. The van der Waals surface area contributed by atoms with Crippen molar-refractivity contribution >= 4 is 23.1 Å². The molecule has 4 bridgehead atoms. The van der Waals surface area contributed by atoms with Gasteiger partial charge in [0.25, 0.3) is 0 Å². The molecule has 5 nitrogen and oxygen atoms in total. The van der Waals surface area contributed by atoms with Crippen LogP contribution >= 0.6 is 0 Å². The van der Waals surface area contributed by atoms with E-state index in [1.165, 1.54) is 0 Å². The lowest BCUT2D eigenvalue weighted by molar-refractivity contribution is -0.181. The van der Waals surface area contributed by atoms with Crippen molar-refractivity contribution in [3.8, 4) is 0 Å². The van der Waals surface area contributed by atoms with Gasteiger partial charge in [0.05, 0.1) is 16.4 Å². The molecule has 1 spiro atoms. The van der Waals surface area contributed by atoms with Gasteiger partial charge in [-0.1, -0.05) is 69.7 Å². The minimum Gasteiger partial charge on any atom is -0.390 e. The van der Waals surface area contributed by atoms with Crippen LogP contribution in [0.15, 0.2) is 42.0 Å². The van der Waals surface area contributed by atoms with E-state index in [0.717, 1.165) is 5.57 Å². The van der Waals surface area contributed by atoms with E-state index < -0.39 is 50.0 Å². The van der Waals surface area contributed by atoms with Gasteiger partial charge in [0.2, 0.25) is 0 Å². The third-order valence-corrected chi connectivity index (χ3v) is 11.5. The number of carbonyl (C=O) groups is 4. The Labute approximate surface area is 226 Å². The van der Waals surface area contributed by atoms with E-state index in [4.69, 9.17) is 0 Å². The molecule has 5 aliphatic carbocycles. The topological polar surface area (TPSA) is 88.5 Å². The summed E-state index contributed by atoms with van der Waals surface area (Å²) in [5.41, 5.74) is -6.16. The standard InChI is InChI=1S/C33H42O5/c1-19(2)14-15-31-17-21-16-22-28(3,4)23(30(7,8)38)18-32(22,25(31)35)27(37)33(26(31)36,29(21,5)6)24(34)20-12-10-9-11-13-20/h9-14,21-23,38H,15-18H2,1-8H3/t21-,22+,23+,31-,32+,33-/m0/s1. The lowest BCUT2D eigenvalue weighted by Crippen LogP contribution is -2.75. The van der Waals surface area contributed by atoms with Crippen LogP contribution < -0.4 is 0 Å². The summed E-state index contributed by atoms with van der Waals surface area (Å²) in [6.07, 6.45) is 3.25. The maximum atomic E-state index is 15.3. The van der Waals surface area contributed by atoms with Crippen LogP contribution in [0.25, 0.3) is 0 Å². The fraction of sp³-hybridized carbons (Fsp3) is 0.636. The molecule has 1 aromatic rings. The van der Waals surface area contributed by atoms with Crippen molar-refractivity contribution < 1.29 is 24.3 Å². The van der Waals surface area contributed by atoms with Crippen LogP contribution in [-0.4, -0.2) is 33.8 Å². The zero-order chi connectivity index (χ0) is 28.3. The summed E-state index contributed by atoms with van der Waals surface area (Å²) in [4.78, 5) is 59.8. The van der Waals surface area contributed by atoms with Crippen LogP contribution in [-0.2, 0) is 14.4 Å². The first kappa shape index (κ1) is 27.2. The minimum absolute atomic E-state index is 0.169. The van der Waals surface area contributed by atoms with Crippen LogP contribution in [0.5, 0.6) is 0 Å². The maximum Gasteiger partial charge on any atom is 0.184 e. The number of benzene rings is 1. The van der Waals surface area contributed by atoms with E-state index in [-0.39, 0.29) is 36.4 Å². The Morgan fingerprint density at radius 2 is 1.58 bits per heavy atom. The van der Waals surface area contributed by atoms with Crippen LogP contribution in [0.3, 0.4) is 0 Å². The predicted molar refractivity (Wildman–Crippen MR) is 145 cm³/mol. The average molecular weight is 519 g/mol. The zero-order valence-electron chi connectivity index (χ0n) is 24.1. The summed E-state index contributed by atoms with van der Waals surface area (Å²) >= 11 is 0. The van der Waals surface area contributed by atoms with Crippen LogP contribution in [0.2, 0.25) is 0 Å². The first-order chi connectivity index (χ1) is 17.4. The van der Waals surface area contributed by atoms with E-state index in [1.807, 2.05) is 33.8 Å². The molecule has 38 heavy (non-hydrogen) atoms. The second-order valence-corrected chi connectivity index (χ2v) is 14.6. The SMILES string of the molecule is CC(C)=CC[C@]12C[C@@H]3C[C@@H]4C(C)(C)[C@H](C(C)(C)O)C[C@@]4(C1=O)C(=O)[C@](C(=O)c1ccccc1)(C2=O)C3(C)C. The van der Waals surface area contributed by atoms with E-state index in [2.05, 4.69) is 13.8 Å². The molecule has 6 atom stereocenters. The smallest absolute Gasteiger partial charge is 0.184 e. The molecule has 6 rings (SSSR count). The summed E-state index contributed by atoms with van der Waals surface area (Å²) in [6, 6.07) is 8.65. The van der Waals surface area contributed by atoms with Gasteiger partial charge in [0, 0.05) is 5.56 Å². The highest BCUT2D eigenvalue weighted by molar-refractivity contribution is 6.42. The van der Waals surface area contributed by atoms with Gasteiger partial charge in [-0.2, -0.15) is 0 Å². The Kier molecular flexibility index (Phi) is 5.60. The van der Waals surface area contributed by atoms with E-state index in [9.17, 15) is 19.5 Å². The molecule has 0 radical (unpaired) electrons. The summed E-state index contributed by atoms with van der Waals surface area (Å²) in [6.45, 7) is 15.3. The molecular formula is C33H42O5. The molecule has 5 heteroatoms. The van der Waals surface area contributed by atoms with E-state index in [1.54, 1.807) is 44.2 Å². The number of Topliss-reactive ketones (excluding diaryl/α,β-unsaturated/α-hetero) is 4. The van der Waals surface area contributed by atoms with Crippen molar-refractivity contribution in [2.75, 3.05) is 0 Å². The molecule has 5 saturated carbocycles. The van der Waals surface area contributed by atoms with Crippen molar-refractivity contribution in [3.63, 3.8) is 0 Å². The second-order valence-electron chi connectivity index (χ2n) is 14.6. The fourth-order valence-corrected chi connectivity index (χ4v) is 9.57. The molecule has 0 heterocycles. The molecule has 1 aromatic carbocycles. The summed E-state index contributed by atoms with van der Waals surface area (Å²) in [5, 5.41) is 11.3. The maximum absolute atomic E-state index is 15.3. The average Bonchev–Trinajstić information content (AvgIpc) is 2.98. The molecular weight excluding hydrogens is 476 g/mol. The fourth-order valence-electron chi connectivity index (χ4n) is 9.57. The number of carbonyl (C=O) groups excluding carboxylic acids is 4. The van der Waals surface area contributed by atoms with E-state index in [0.29, 0.717) is 18.4 Å². The van der Waals surface area contributed by atoms with Crippen molar-refractivity contribution in [1.29, 1.82) is 0 Å². The van der Waals surface area contributed by atoms with Gasteiger partial charge < -0.3 is 5.11 Å². The molecule has 0 aromatic heterocycles. The Balaban J connectivity index is 1.89. The number of rotatable bonds is 5. The summed E-state index contributed by atoms with van der Waals surface area (Å²) in [7, 11) is 0. The van der Waals surface area contributed by atoms with Gasteiger partial charge >= 0.3 is 0 Å². The van der Waals surface area contributed by atoms with Crippen LogP contribution in [0, 0.1) is 44.8 Å². The lowest BCUT2D eigenvalue weighted by atomic mass is 9.37. The Hall–Kier alpha value is -2.40. The summed E-state index contributed by atoms with van der Waals surface area (Å²) in [5.74, 6) is -2.64. The quantitative estimate of drug-likeness (QED) is 0.303. The van der Waals surface area contributed by atoms with Gasteiger partial charge in [0.15, 0.2) is 28.5 Å². The largest absolute Gasteiger partial charge is 0.390 e. The van der Waals surface area contributed by atoms with Gasteiger partial charge in [0.1, 0.15) is 0 Å². The number of hydrogen-bond donors (Lipinski definition) is 1. The van der Waals surface area contributed by atoms with Gasteiger partial charge in [-0.15, -0.1) is 0 Å². The van der Waals surface area contributed by atoms with Crippen molar-refractivity contribution in [3.05, 3.63) is 47.5 Å². The number of allylic oxidation sites excluding steroid dienone is 2. The molecule has 0 amide bonds. The van der Waals surface area contributed by atoms with Crippen LogP contribution in [0.4, 0.5) is 0 Å². The number of aliphatic hydroxyl groups is 1. The lowest BCUT2D eigenvalue weighted by Gasteiger charge is -2.60. The minimum atomic E-state index is -1.94.